The molecule has 0 saturated heterocycles. The summed E-state index contributed by atoms with van der Waals surface area (Å²) in [6.07, 6.45) is 2.26. The number of hydrazine groups is 1. The lowest BCUT2D eigenvalue weighted by Crippen LogP contribution is -2.44. The first-order valence-corrected chi connectivity index (χ1v) is 4.48. The van der Waals surface area contributed by atoms with Crippen LogP contribution in [-0.2, 0) is 0 Å². The monoisotopic (exact) mass is 172 g/mol. The molecule has 0 aliphatic heterocycles. The Hall–Kier alpha value is -0.770. The fourth-order valence-electron chi connectivity index (χ4n) is 0.755. The van der Waals surface area contributed by atoms with Crippen LogP contribution in [0.5, 0.6) is 0 Å². The zero-order valence-corrected chi connectivity index (χ0v) is 8.22. The number of guanidine groups is 1. The predicted molar refractivity (Wildman–Crippen MR) is 52.8 cm³/mol. The third-order valence-electron chi connectivity index (χ3n) is 1.34. The van der Waals surface area contributed by atoms with Gasteiger partial charge in [-0.1, -0.05) is 13.3 Å². The van der Waals surface area contributed by atoms with Crippen LogP contribution in [0.4, 0.5) is 0 Å². The number of rotatable bonds is 4. The molecule has 0 aromatic rings. The second-order valence-electron chi connectivity index (χ2n) is 3.03. The molecule has 0 fully saturated rings. The molecule has 0 bridgehead atoms. The highest BCUT2D eigenvalue weighted by molar-refractivity contribution is 5.79. The molecule has 0 atom stereocenters. The second kappa shape index (κ2) is 6.91. The van der Waals surface area contributed by atoms with Gasteiger partial charge < -0.3 is 5.32 Å². The smallest absolute Gasteiger partial charge is 0.205 e. The fourth-order valence-corrected chi connectivity index (χ4v) is 0.755. The molecule has 4 nitrogen and oxygen atoms in total. The zero-order chi connectivity index (χ0) is 9.40. The Morgan fingerprint density at radius 3 is 2.58 bits per heavy atom. The number of nitrogens with one attached hydrogen (secondary N) is 2. The van der Waals surface area contributed by atoms with Gasteiger partial charge in [-0.05, 0) is 20.3 Å². The van der Waals surface area contributed by atoms with Gasteiger partial charge in [0.15, 0.2) is 0 Å². The van der Waals surface area contributed by atoms with Gasteiger partial charge in [0.1, 0.15) is 0 Å². The van der Waals surface area contributed by atoms with Crippen molar-refractivity contribution in [3.63, 3.8) is 0 Å². The van der Waals surface area contributed by atoms with E-state index >= 15 is 0 Å². The topological polar surface area (TPSA) is 62.4 Å². The predicted octanol–water partition coefficient (Wildman–Crippen LogP) is 0.604. The van der Waals surface area contributed by atoms with Gasteiger partial charge in [0.2, 0.25) is 5.96 Å². The largest absolute Gasteiger partial charge is 0.353 e. The molecule has 0 aliphatic rings. The van der Waals surface area contributed by atoms with E-state index in [1.165, 1.54) is 0 Å². The maximum atomic E-state index is 5.26. The normalized spacial score (nSPS) is 11.9. The highest BCUT2D eigenvalue weighted by Crippen LogP contribution is 1.86. The van der Waals surface area contributed by atoms with E-state index in [2.05, 4.69) is 22.7 Å². The fraction of sp³-hybridized carbons (Fsp3) is 0.875. The molecule has 0 radical (unpaired) electrons. The Kier molecular flexibility index (Phi) is 6.47. The summed E-state index contributed by atoms with van der Waals surface area (Å²) in [5, 5.41) is 3.10. The van der Waals surface area contributed by atoms with Crippen molar-refractivity contribution >= 4 is 5.96 Å². The van der Waals surface area contributed by atoms with Crippen LogP contribution in [0.1, 0.15) is 33.6 Å². The highest BCUT2D eigenvalue weighted by atomic mass is 15.3. The van der Waals surface area contributed by atoms with Crippen molar-refractivity contribution < 1.29 is 0 Å². The van der Waals surface area contributed by atoms with Crippen molar-refractivity contribution in [2.45, 2.75) is 39.7 Å². The molecule has 0 spiro atoms. The first-order chi connectivity index (χ1) is 5.70. The van der Waals surface area contributed by atoms with Crippen LogP contribution < -0.4 is 16.6 Å². The minimum absolute atomic E-state index is 0.362. The van der Waals surface area contributed by atoms with E-state index in [1.54, 1.807) is 0 Å². The third-order valence-corrected chi connectivity index (χ3v) is 1.34. The number of nitrogens with zero attached hydrogens (tertiary/aromatic N) is 1. The number of hydrogen-bond acceptors (Lipinski definition) is 2. The maximum Gasteiger partial charge on any atom is 0.205 e. The van der Waals surface area contributed by atoms with E-state index in [0.717, 1.165) is 19.4 Å². The van der Waals surface area contributed by atoms with E-state index in [0.29, 0.717) is 12.0 Å². The molecule has 0 aliphatic carbocycles. The molecular weight excluding hydrogens is 152 g/mol. The molecule has 0 unspecified atom stereocenters. The van der Waals surface area contributed by atoms with Gasteiger partial charge in [-0.2, -0.15) is 0 Å². The number of nitrogens with two attached hydrogens (primary N) is 1. The standard InChI is InChI=1S/C8H20N4/c1-4-5-6-10-8(12-9)11-7(2)3/h7H,4-6,9H2,1-3H3,(H2,10,11,12). The average Bonchev–Trinajstić information content (AvgIpc) is 2.02. The number of aliphatic imine (C=N–C) groups is 1. The van der Waals surface area contributed by atoms with E-state index in [4.69, 9.17) is 5.84 Å². The molecular formula is C8H20N4. The van der Waals surface area contributed by atoms with E-state index in [1.807, 2.05) is 13.8 Å². The number of unbranched alkanes of at least 4 members (excludes halogenated alkanes) is 1. The lowest BCUT2D eigenvalue weighted by atomic mass is 10.3. The van der Waals surface area contributed by atoms with Crippen molar-refractivity contribution in [3.8, 4) is 0 Å². The van der Waals surface area contributed by atoms with Crippen LogP contribution in [-0.4, -0.2) is 18.5 Å². The van der Waals surface area contributed by atoms with Crippen LogP contribution >= 0.6 is 0 Å². The molecule has 0 saturated carbocycles. The summed E-state index contributed by atoms with van der Waals surface area (Å²) in [5.74, 6) is 5.94. The average molecular weight is 172 g/mol. The van der Waals surface area contributed by atoms with E-state index in [-0.39, 0.29) is 0 Å². The molecule has 4 N–H and O–H groups in total. The molecule has 0 heterocycles. The van der Waals surface area contributed by atoms with Gasteiger partial charge in [0.25, 0.3) is 0 Å². The minimum atomic E-state index is 0.362. The summed E-state index contributed by atoms with van der Waals surface area (Å²) >= 11 is 0. The SMILES string of the molecule is CCCCN=C(NN)NC(C)C. The summed E-state index contributed by atoms with van der Waals surface area (Å²) in [6.45, 7) is 7.07. The Bertz CT molecular complexity index is 131. The van der Waals surface area contributed by atoms with Gasteiger partial charge in [0.05, 0.1) is 0 Å². The second-order valence-corrected chi connectivity index (χ2v) is 3.03. The van der Waals surface area contributed by atoms with Gasteiger partial charge >= 0.3 is 0 Å². The summed E-state index contributed by atoms with van der Waals surface area (Å²) in [4.78, 5) is 4.24. The van der Waals surface area contributed by atoms with Crippen molar-refractivity contribution in [3.05, 3.63) is 0 Å². The van der Waals surface area contributed by atoms with Gasteiger partial charge in [-0.3, -0.25) is 10.4 Å². The Morgan fingerprint density at radius 2 is 2.17 bits per heavy atom. The summed E-state index contributed by atoms with van der Waals surface area (Å²) in [5.41, 5.74) is 2.53. The van der Waals surface area contributed by atoms with Gasteiger partial charge in [-0.25, -0.2) is 5.84 Å². The quantitative estimate of drug-likeness (QED) is 0.191. The molecule has 0 amide bonds. The van der Waals surface area contributed by atoms with Crippen molar-refractivity contribution in [2.24, 2.45) is 10.8 Å². The highest BCUT2D eigenvalue weighted by Gasteiger charge is 1.96. The van der Waals surface area contributed by atoms with Crippen molar-refractivity contribution in [1.29, 1.82) is 0 Å². The Labute approximate surface area is 74.6 Å². The molecule has 4 heteroatoms. The molecule has 12 heavy (non-hydrogen) atoms. The first-order valence-electron chi connectivity index (χ1n) is 4.48. The Balaban J connectivity index is 3.70. The lowest BCUT2D eigenvalue weighted by molar-refractivity contribution is 0.697. The molecule has 0 aromatic heterocycles. The third kappa shape index (κ3) is 5.97. The van der Waals surface area contributed by atoms with Crippen LogP contribution in [0.15, 0.2) is 4.99 Å². The van der Waals surface area contributed by atoms with Gasteiger partial charge in [-0.15, -0.1) is 0 Å². The zero-order valence-electron chi connectivity index (χ0n) is 8.22. The minimum Gasteiger partial charge on any atom is -0.353 e. The van der Waals surface area contributed by atoms with Crippen molar-refractivity contribution in [1.82, 2.24) is 10.7 Å². The van der Waals surface area contributed by atoms with Crippen molar-refractivity contribution in [2.75, 3.05) is 6.54 Å². The van der Waals surface area contributed by atoms with E-state index < -0.39 is 0 Å². The van der Waals surface area contributed by atoms with E-state index in [9.17, 15) is 0 Å². The molecule has 72 valence electrons. The lowest BCUT2D eigenvalue weighted by Gasteiger charge is -2.11. The molecule has 0 rings (SSSR count). The van der Waals surface area contributed by atoms with Crippen LogP contribution in [0.2, 0.25) is 0 Å². The van der Waals surface area contributed by atoms with Gasteiger partial charge in [0, 0.05) is 12.6 Å². The summed E-state index contributed by atoms with van der Waals surface area (Å²) in [6, 6.07) is 0.362. The Morgan fingerprint density at radius 1 is 1.50 bits per heavy atom. The summed E-state index contributed by atoms with van der Waals surface area (Å²) in [7, 11) is 0. The van der Waals surface area contributed by atoms with Crippen LogP contribution in [0.3, 0.4) is 0 Å². The maximum absolute atomic E-state index is 5.26. The molecule has 0 aromatic carbocycles. The number of hydrogen-bond donors (Lipinski definition) is 3. The van der Waals surface area contributed by atoms with Crippen LogP contribution in [0.25, 0.3) is 0 Å². The van der Waals surface area contributed by atoms with Crippen LogP contribution in [0, 0.1) is 0 Å². The summed E-state index contributed by atoms with van der Waals surface area (Å²) < 4.78 is 0. The first kappa shape index (κ1) is 11.2.